The molecule has 2 rings (SSSR count). The zero-order valence-corrected chi connectivity index (χ0v) is 13.9. The number of thiol groups is 1. The van der Waals surface area contributed by atoms with E-state index < -0.39 is 7.60 Å². The molecule has 0 saturated carbocycles. The van der Waals surface area contributed by atoms with Crippen molar-refractivity contribution < 1.29 is 14.0 Å². The molecule has 21 heavy (non-hydrogen) atoms. The lowest BCUT2D eigenvalue weighted by Gasteiger charge is -2.18. The third-order valence-corrected chi connectivity index (χ3v) is 5.38. The van der Waals surface area contributed by atoms with Crippen molar-refractivity contribution in [3.63, 3.8) is 0 Å². The summed E-state index contributed by atoms with van der Waals surface area (Å²) in [5, 5.41) is 0.220. The summed E-state index contributed by atoms with van der Waals surface area (Å²) in [6.45, 7) is 4.07. The maximum atomic E-state index is 12.6. The van der Waals surface area contributed by atoms with E-state index in [2.05, 4.69) is 19.6 Å². The molecule has 0 aliphatic heterocycles. The van der Waals surface area contributed by atoms with Gasteiger partial charge in [-0.3, -0.25) is 0 Å². The fraction of sp³-hybridized carbons (Fsp3) is 0.250. The number of hydrogen-bond acceptors (Lipinski definition) is 3. The number of benzene rings is 2. The SMILES string of the molecule is CCc1cccc(OP(=O)(O)c2ccccc2S)c1CC. The Morgan fingerprint density at radius 2 is 1.81 bits per heavy atom. The van der Waals surface area contributed by atoms with Gasteiger partial charge in [0.15, 0.2) is 0 Å². The highest BCUT2D eigenvalue weighted by atomic mass is 32.1. The van der Waals surface area contributed by atoms with E-state index in [0.29, 0.717) is 10.6 Å². The second kappa shape index (κ2) is 6.69. The first kappa shape index (κ1) is 16.2. The van der Waals surface area contributed by atoms with Crippen LogP contribution in [0.5, 0.6) is 5.75 Å². The lowest BCUT2D eigenvalue weighted by atomic mass is 10.0. The normalized spacial score (nSPS) is 13.7. The Morgan fingerprint density at radius 3 is 2.43 bits per heavy atom. The van der Waals surface area contributed by atoms with Gasteiger partial charge < -0.3 is 9.42 Å². The number of aryl methyl sites for hydroxylation is 1. The molecule has 0 spiro atoms. The minimum atomic E-state index is -3.95. The maximum absolute atomic E-state index is 12.6. The summed E-state index contributed by atoms with van der Waals surface area (Å²) in [7, 11) is -3.95. The summed E-state index contributed by atoms with van der Waals surface area (Å²) >= 11 is 4.23. The van der Waals surface area contributed by atoms with Gasteiger partial charge in [0.05, 0.1) is 5.30 Å². The zero-order chi connectivity index (χ0) is 15.5. The summed E-state index contributed by atoms with van der Waals surface area (Å²) in [6, 6.07) is 12.3. The molecule has 1 atom stereocenters. The molecule has 2 aromatic rings. The second-order valence-corrected chi connectivity index (χ2v) is 6.89. The minimum absolute atomic E-state index is 0.220. The summed E-state index contributed by atoms with van der Waals surface area (Å²) in [6.07, 6.45) is 1.61. The lowest BCUT2D eigenvalue weighted by Crippen LogP contribution is -2.11. The van der Waals surface area contributed by atoms with Crippen LogP contribution in [-0.4, -0.2) is 4.89 Å². The van der Waals surface area contributed by atoms with Crippen molar-refractivity contribution >= 4 is 25.5 Å². The quantitative estimate of drug-likeness (QED) is 0.646. The van der Waals surface area contributed by atoms with E-state index in [9.17, 15) is 9.46 Å². The van der Waals surface area contributed by atoms with Gasteiger partial charge in [-0.05, 0) is 42.2 Å². The van der Waals surface area contributed by atoms with Crippen LogP contribution in [0.3, 0.4) is 0 Å². The lowest BCUT2D eigenvalue weighted by molar-refractivity contribution is 0.391. The Kier molecular flexibility index (Phi) is 5.15. The Morgan fingerprint density at radius 1 is 1.10 bits per heavy atom. The van der Waals surface area contributed by atoms with Crippen molar-refractivity contribution in [1.29, 1.82) is 0 Å². The molecule has 0 bridgehead atoms. The molecule has 0 aromatic heterocycles. The summed E-state index contributed by atoms with van der Waals surface area (Å²) in [5.41, 5.74) is 2.11. The molecule has 0 radical (unpaired) electrons. The summed E-state index contributed by atoms with van der Waals surface area (Å²) in [5.74, 6) is 0.472. The summed E-state index contributed by atoms with van der Waals surface area (Å²) < 4.78 is 18.1. The van der Waals surface area contributed by atoms with E-state index in [4.69, 9.17) is 4.52 Å². The van der Waals surface area contributed by atoms with E-state index in [0.717, 1.165) is 24.0 Å². The average Bonchev–Trinajstić information content (AvgIpc) is 2.46. The smallest absolute Gasteiger partial charge is 0.409 e. The van der Waals surface area contributed by atoms with Crippen molar-refractivity contribution in [2.45, 2.75) is 31.6 Å². The van der Waals surface area contributed by atoms with Crippen LogP contribution in [0.4, 0.5) is 0 Å². The molecule has 0 amide bonds. The molecule has 1 unspecified atom stereocenters. The van der Waals surface area contributed by atoms with E-state index >= 15 is 0 Å². The van der Waals surface area contributed by atoms with E-state index in [-0.39, 0.29) is 5.30 Å². The minimum Gasteiger partial charge on any atom is -0.421 e. The Labute approximate surface area is 130 Å². The highest BCUT2D eigenvalue weighted by molar-refractivity contribution is 7.81. The molecule has 112 valence electrons. The van der Waals surface area contributed by atoms with Gasteiger partial charge in [0.25, 0.3) is 0 Å². The Bertz CT molecular complexity index is 685. The van der Waals surface area contributed by atoms with Gasteiger partial charge in [0.2, 0.25) is 0 Å². The van der Waals surface area contributed by atoms with Crippen molar-refractivity contribution in [3.8, 4) is 5.75 Å². The first-order valence-electron chi connectivity index (χ1n) is 6.91. The van der Waals surface area contributed by atoms with Crippen LogP contribution in [0.1, 0.15) is 25.0 Å². The molecule has 2 aromatic carbocycles. The Hall–Kier alpha value is -1.22. The first-order chi connectivity index (χ1) is 9.99. The van der Waals surface area contributed by atoms with Gasteiger partial charge in [0.1, 0.15) is 5.75 Å². The fourth-order valence-electron chi connectivity index (χ4n) is 2.31. The van der Waals surface area contributed by atoms with Crippen molar-refractivity contribution in [1.82, 2.24) is 0 Å². The van der Waals surface area contributed by atoms with Crippen LogP contribution in [0.15, 0.2) is 47.4 Å². The monoisotopic (exact) mass is 322 g/mol. The first-order valence-corrected chi connectivity index (χ1v) is 8.93. The van der Waals surface area contributed by atoms with E-state index in [1.807, 2.05) is 19.1 Å². The average molecular weight is 322 g/mol. The molecule has 3 nitrogen and oxygen atoms in total. The molecule has 5 heteroatoms. The van der Waals surface area contributed by atoms with Gasteiger partial charge in [-0.15, -0.1) is 12.6 Å². The number of hydrogen-bond donors (Lipinski definition) is 2. The van der Waals surface area contributed by atoms with E-state index in [1.54, 1.807) is 30.3 Å². The largest absolute Gasteiger partial charge is 0.421 e. The summed E-state index contributed by atoms with van der Waals surface area (Å²) in [4.78, 5) is 10.7. The predicted molar refractivity (Wildman–Crippen MR) is 89.0 cm³/mol. The van der Waals surface area contributed by atoms with Crippen LogP contribution in [0.2, 0.25) is 0 Å². The standard InChI is InChI=1S/C16H19O3PS/c1-3-12-8-7-9-14(13(12)4-2)19-20(17,18)15-10-5-6-11-16(15)21/h5-11,21H,3-4H2,1-2H3,(H,17,18). The molecule has 0 aliphatic rings. The second-order valence-electron chi connectivity index (χ2n) is 4.70. The third-order valence-electron chi connectivity index (χ3n) is 3.37. The molecular weight excluding hydrogens is 303 g/mol. The van der Waals surface area contributed by atoms with Crippen LogP contribution >= 0.6 is 20.2 Å². The van der Waals surface area contributed by atoms with Crippen LogP contribution in [0.25, 0.3) is 0 Å². The van der Waals surface area contributed by atoms with Crippen LogP contribution in [0, 0.1) is 0 Å². The third kappa shape index (κ3) is 3.52. The maximum Gasteiger partial charge on any atom is 0.409 e. The molecule has 1 N–H and O–H groups in total. The van der Waals surface area contributed by atoms with Gasteiger partial charge in [-0.1, -0.05) is 38.1 Å². The molecule has 0 fully saturated rings. The van der Waals surface area contributed by atoms with Gasteiger partial charge in [-0.2, -0.15) is 0 Å². The van der Waals surface area contributed by atoms with Crippen LogP contribution < -0.4 is 9.83 Å². The van der Waals surface area contributed by atoms with Crippen molar-refractivity contribution in [2.75, 3.05) is 0 Å². The van der Waals surface area contributed by atoms with Gasteiger partial charge in [-0.25, -0.2) is 4.57 Å². The number of rotatable bonds is 5. The fourth-order valence-corrected chi connectivity index (χ4v) is 4.03. The van der Waals surface area contributed by atoms with Crippen LogP contribution in [-0.2, 0) is 17.4 Å². The molecular formula is C16H19O3PS. The predicted octanol–water partition coefficient (Wildman–Crippen LogP) is 3.99. The topological polar surface area (TPSA) is 46.5 Å². The van der Waals surface area contributed by atoms with Crippen molar-refractivity contribution in [2.24, 2.45) is 0 Å². The van der Waals surface area contributed by atoms with Crippen molar-refractivity contribution in [3.05, 3.63) is 53.6 Å². The highest BCUT2D eigenvalue weighted by Gasteiger charge is 2.27. The van der Waals surface area contributed by atoms with E-state index in [1.165, 1.54) is 0 Å². The molecule has 0 heterocycles. The molecule has 0 saturated heterocycles. The van der Waals surface area contributed by atoms with Gasteiger partial charge >= 0.3 is 7.60 Å². The Balaban J connectivity index is 2.42. The highest BCUT2D eigenvalue weighted by Crippen LogP contribution is 2.44. The zero-order valence-electron chi connectivity index (χ0n) is 12.1. The molecule has 0 aliphatic carbocycles. The van der Waals surface area contributed by atoms with Gasteiger partial charge in [0, 0.05) is 4.90 Å².